The quantitative estimate of drug-likeness (QED) is 0.684. The number of aliphatic hydroxyl groups excluding tert-OH is 1. The molecule has 20 heavy (non-hydrogen) atoms. The molecule has 1 aromatic rings. The highest BCUT2D eigenvalue weighted by Crippen LogP contribution is 2.05. The van der Waals surface area contributed by atoms with Crippen LogP contribution in [0.4, 0.5) is 4.79 Å². The molecule has 2 atom stereocenters. The summed E-state index contributed by atoms with van der Waals surface area (Å²) in [6.45, 7) is 4.11. The molecular formula is C16H26N2O2. The Kier molecular flexibility index (Phi) is 7.73. The summed E-state index contributed by atoms with van der Waals surface area (Å²) in [5, 5.41) is 14.7. The van der Waals surface area contributed by atoms with E-state index in [4.69, 9.17) is 5.11 Å². The number of urea groups is 1. The number of amides is 2. The fourth-order valence-corrected chi connectivity index (χ4v) is 2.09. The predicted molar refractivity (Wildman–Crippen MR) is 81.7 cm³/mol. The second-order valence-corrected chi connectivity index (χ2v) is 5.16. The van der Waals surface area contributed by atoms with Crippen LogP contribution in [0.2, 0.25) is 0 Å². The topological polar surface area (TPSA) is 61.4 Å². The largest absolute Gasteiger partial charge is 0.396 e. The highest BCUT2D eigenvalue weighted by molar-refractivity contribution is 5.74. The molecular weight excluding hydrogens is 252 g/mol. The van der Waals surface area contributed by atoms with Gasteiger partial charge >= 0.3 is 6.03 Å². The predicted octanol–water partition coefficient (Wildman–Crippen LogP) is 2.47. The molecule has 4 nitrogen and oxygen atoms in total. The Balaban J connectivity index is 2.27. The molecule has 0 saturated carbocycles. The van der Waals surface area contributed by atoms with Crippen molar-refractivity contribution in [1.82, 2.24) is 10.6 Å². The van der Waals surface area contributed by atoms with Crippen molar-refractivity contribution in [3.63, 3.8) is 0 Å². The number of rotatable bonds is 8. The van der Waals surface area contributed by atoms with E-state index in [1.807, 2.05) is 32.0 Å². The van der Waals surface area contributed by atoms with Crippen molar-refractivity contribution < 1.29 is 9.90 Å². The van der Waals surface area contributed by atoms with Gasteiger partial charge in [-0.15, -0.1) is 0 Å². The van der Waals surface area contributed by atoms with Gasteiger partial charge in [-0.25, -0.2) is 4.79 Å². The summed E-state index contributed by atoms with van der Waals surface area (Å²) in [4.78, 5) is 11.8. The van der Waals surface area contributed by atoms with Crippen LogP contribution in [0.25, 0.3) is 0 Å². The highest BCUT2D eigenvalue weighted by Gasteiger charge is 2.11. The van der Waals surface area contributed by atoms with Crippen LogP contribution in [0.5, 0.6) is 0 Å². The number of carbonyl (C=O) groups is 1. The van der Waals surface area contributed by atoms with E-state index in [2.05, 4.69) is 22.8 Å². The van der Waals surface area contributed by atoms with Crippen molar-refractivity contribution in [2.45, 2.75) is 51.6 Å². The zero-order chi connectivity index (χ0) is 14.8. The summed E-state index contributed by atoms with van der Waals surface area (Å²) in [6.07, 6.45) is 3.29. The van der Waals surface area contributed by atoms with Crippen LogP contribution in [0.15, 0.2) is 30.3 Å². The van der Waals surface area contributed by atoms with Crippen molar-refractivity contribution in [2.24, 2.45) is 0 Å². The van der Waals surface area contributed by atoms with Crippen LogP contribution in [-0.2, 0) is 6.42 Å². The Labute approximate surface area is 121 Å². The second-order valence-electron chi connectivity index (χ2n) is 5.16. The van der Waals surface area contributed by atoms with Crippen LogP contribution in [0.1, 0.15) is 38.7 Å². The van der Waals surface area contributed by atoms with E-state index in [-0.39, 0.29) is 24.7 Å². The Morgan fingerprint density at radius 3 is 2.50 bits per heavy atom. The van der Waals surface area contributed by atoms with Gasteiger partial charge in [0.15, 0.2) is 0 Å². The standard InChI is InChI=1S/C16H26N2O2/c1-3-15(11-12-19)18-16(20)17-13(2)9-10-14-7-5-4-6-8-14/h4-8,13,15,19H,3,9-12H2,1-2H3,(H2,17,18,20). The van der Waals surface area contributed by atoms with Crippen molar-refractivity contribution >= 4 is 6.03 Å². The summed E-state index contributed by atoms with van der Waals surface area (Å²) < 4.78 is 0. The van der Waals surface area contributed by atoms with Gasteiger partial charge in [-0.1, -0.05) is 37.3 Å². The minimum absolute atomic E-state index is 0.0429. The first-order chi connectivity index (χ1) is 9.65. The summed E-state index contributed by atoms with van der Waals surface area (Å²) in [6, 6.07) is 10.3. The number of aliphatic hydroxyl groups is 1. The molecule has 3 N–H and O–H groups in total. The molecule has 0 saturated heterocycles. The minimum atomic E-state index is -0.147. The second kappa shape index (κ2) is 9.37. The maximum absolute atomic E-state index is 11.8. The van der Waals surface area contributed by atoms with Gasteiger partial charge in [-0.3, -0.25) is 0 Å². The number of benzene rings is 1. The van der Waals surface area contributed by atoms with Gasteiger partial charge in [-0.05, 0) is 38.2 Å². The fraction of sp³-hybridized carbons (Fsp3) is 0.562. The lowest BCUT2D eigenvalue weighted by Crippen LogP contribution is -2.45. The van der Waals surface area contributed by atoms with E-state index >= 15 is 0 Å². The molecule has 0 fully saturated rings. The maximum Gasteiger partial charge on any atom is 0.315 e. The Morgan fingerprint density at radius 2 is 1.90 bits per heavy atom. The van der Waals surface area contributed by atoms with E-state index in [0.29, 0.717) is 6.42 Å². The molecule has 0 radical (unpaired) electrons. The Morgan fingerprint density at radius 1 is 1.20 bits per heavy atom. The van der Waals surface area contributed by atoms with Crippen molar-refractivity contribution in [2.75, 3.05) is 6.61 Å². The van der Waals surface area contributed by atoms with E-state index in [1.54, 1.807) is 0 Å². The smallest absolute Gasteiger partial charge is 0.315 e. The maximum atomic E-state index is 11.8. The van der Waals surface area contributed by atoms with Gasteiger partial charge in [0.05, 0.1) is 0 Å². The van der Waals surface area contributed by atoms with Crippen molar-refractivity contribution in [3.8, 4) is 0 Å². The van der Waals surface area contributed by atoms with Crippen molar-refractivity contribution in [3.05, 3.63) is 35.9 Å². The molecule has 0 bridgehead atoms. The molecule has 0 spiro atoms. The molecule has 4 heteroatoms. The monoisotopic (exact) mass is 278 g/mol. The normalized spacial score (nSPS) is 13.6. The van der Waals surface area contributed by atoms with E-state index in [9.17, 15) is 4.79 Å². The zero-order valence-electron chi connectivity index (χ0n) is 12.4. The van der Waals surface area contributed by atoms with Crippen LogP contribution in [0.3, 0.4) is 0 Å². The van der Waals surface area contributed by atoms with Crippen LogP contribution < -0.4 is 10.6 Å². The molecule has 1 aromatic carbocycles. The third-order valence-electron chi connectivity index (χ3n) is 3.39. The molecule has 0 aliphatic carbocycles. The SMILES string of the molecule is CCC(CCO)NC(=O)NC(C)CCc1ccccc1. The zero-order valence-corrected chi connectivity index (χ0v) is 12.4. The third kappa shape index (κ3) is 6.57. The number of carbonyl (C=O) groups excluding carboxylic acids is 1. The number of aryl methyl sites for hydroxylation is 1. The first-order valence-corrected chi connectivity index (χ1v) is 7.37. The lowest BCUT2D eigenvalue weighted by molar-refractivity contribution is 0.225. The molecule has 0 aliphatic heterocycles. The van der Waals surface area contributed by atoms with Gasteiger partial charge in [0.2, 0.25) is 0 Å². The Hall–Kier alpha value is -1.55. The van der Waals surface area contributed by atoms with E-state index in [1.165, 1.54) is 5.56 Å². The summed E-state index contributed by atoms with van der Waals surface area (Å²) >= 11 is 0. The third-order valence-corrected chi connectivity index (χ3v) is 3.39. The number of hydrogen-bond acceptors (Lipinski definition) is 2. The van der Waals surface area contributed by atoms with Gasteiger partial charge in [-0.2, -0.15) is 0 Å². The molecule has 2 amide bonds. The van der Waals surface area contributed by atoms with E-state index in [0.717, 1.165) is 19.3 Å². The Bertz CT molecular complexity index is 381. The first-order valence-electron chi connectivity index (χ1n) is 7.37. The van der Waals surface area contributed by atoms with Gasteiger partial charge in [0.1, 0.15) is 0 Å². The number of hydrogen-bond donors (Lipinski definition) is 3. The molecule has 0 aliphatic rings. The minimum Gasteiger partial charge on any atom is -0.396 e. The summed E-state index contributed by atoms with van der Waals surface area (Å²) in [5.74, 6) is 0. The van der Waals surface area contributed by atoms with Gasteiger partial charge in [0, 0.05) is 18.7 Å². The number of nitrogens with one attached hydrogen (secondary N) is 2. The lowest BCUT2D eigenvalue weighted by Gasteiger charge is -2.19. The van der Waals surface area contributed by atoms with E-state index < -0.39 is 0 Å². The molecule has 1 rings (SSSR count). The van der Waals surface area contributed by atoms with Crippen LogP contribution in [-0.4, -0.2) is 29.8 Å². The van der Waals surface area contributed by atoms with Gasteiger partial charge < -0.3 is 15.7 Å². The average molecular weight is 278 g/mol. The van der Waals surface area contributed by atoms with Crippen LogP contribution in [0, 0.1) is 0 Å². The lowest BCUT2D eigenvalue weighted by atomic mass is 10.1. The summed E-state index contributed by atoms with van der Waals surface area (Å²) in [7, 11) is 0. The molecule has 0 heterocycles. The molecule has 2 unspecified atom stereocenters. The fourth-order valence-electron chi connectivity index (χ4n) is 2.09. The molecule has 112 valence electrons. The first kappa shape index (κ1) is 16.5. The van der Waals surface area contributed by atoms with Crippen molar-refractivity contribution in [1.29, 1.82) is 0 Å². The summed E-state index contributed by atoms with van der Waals surface area (Å²) in [5.41, 5.74) is 1.29. The van der Waals surface area contributed by atoms with Gasteiger partial charge in [0.25, 0.3) is 0 Å². The van der Waals surface area contributed by atoms with Crippen LogP contribution >= 0.6 is 0 Å². The highest BCUT2D eigenvalue weighted by atomic mass is 16.3. The molecule has 0 aromatic heterocycles. The average Bonchev–Trinajstić information content (AvgIpc) is 2.45.